The number of carbonyl (C=O) groups excluding carboxylic acids is 1. The molecule has 0 amide bonds. The Morgan fingerprint density at radius 3 is 2.00 bits per heavy atom. The smallest absolute Gasteiger partial charge is 0.246 e. The standard InChI is InChI=1S/C20H30N2O5/c1-2-3-9-14-19(21(24)25)16-11-6-7-12-17-20(22(26)27)15-10-5-4-8-13-18-23/h5-7,10,16-18H,2-4,8-9,11-15H2,1H3/b7-6+,10-5+,19-16-,20-17-. The van der Waals surface area contributed by atoms with E-state index in [2.05, 4.69) is 6.92 Å². The highest BCUT2D eigenvalue weighted by molar-refractivity contribution is 5.49. The molecule has 7 nitrogen and oxygen atoms in total. The summed E-state index contributed by atoms with van der Waals surface area (Å²) in [6.45, 7) is 2.05. The van der Waals surface area contributed by atoms with Gasteiger partial charge in [-0.25, -0.2) is 0 Å². The van der Waals surface area contributed by atoms with Crippen molar-refractivity contribution in [3.05, 3.63) is 68.1 Å². The first-order chi connectivity index (χ1) is 13.0. The maximum Gasteiger partial charge on any atom is 0.246 e. The van der Waals surface area contributed by atoms with Gasteiger partial charge in [-0.05, 0) is 44.3 Å². The molecule has 0 bridgehead atoms. The first-order valence-electron chi connectivity index (χ1n) is 9.43. The number of hydrogen-bond acceptors (Lipinski definition) is 5. The van der Waals surface area contributed by atoms with Crippen molar-refractivity contribution in [2.45, 2.75) is 71.1 Å². The minimum atomic E-state index is -0.401. The van der Waals surface area contributed by atoms with Gasteiger partial charge in [-0.1, -0.05) is 44.1 Å². The highest BCUT2D eigenvalue weighted by Gasteiger charge is 2.08. The Kier molecular flexibility index (Phi) is 15.3. The molecular formula is C20H30N2O5. The van der Waals surface area contributed by atoms with E-state index in [1.165, 1.54) is 0 Å². The molecule has 0 aromatic rings. The van der Waals surface area contributed by atoms with Gasteiger partial charge >= 0.3 is 0 Å². The molecule has 0 atom stereocenters. The third-order valence-corrected chi connectivity index (χ3v) is 3.84. The number of unbranched alkanes of at least 4 members (excludes halogenated alkanes) is 4. The Hall–Kier alpha value is -2.57. The summed E-state index contributed by atoms with van der Waals surface area (Å²) in [4.78, 5) is 31.4. The van der Waals surface area contributed by atoms with Gasteiger partial charge in [0.25, 0.3) is 0 Å². The molecule has 0 fully saturated rings. The lowest BCUT2D eigenvalue weighted by Crippen LogP contribution is -1.98. The predicted octanol–water partition coefficient (Wildman–Crippen LogP) is 5.54. The summed E-state index contributed by atoms with van der Waals surface area (Å²) in [7, 11) is 0. The number of allylic oxidation sites excluding steroid dienone is 7. The van der Waals surface area contributed by atoms with Crippen LogP contribution in [0.25, 0.3) is 0 Å². The van der Waals surface area contributed by atoms with Crippen LogP contribution in [0.3, 0.4) is 0 Å². The molecule has 0 saturated heterocycles. The van der Waals surface area contributed by atoms with E-state index in [4.69, 9.17) is 0 Å². The van der Waals surface area contributed by atoms with Crippen molar-refractivity contribution >= 4 is 6.29 Å². The second-order valence-corrected chi connectivity index (χ2v) is 6.08. The third-order valence-electron chi connectivity index (χ3n) is 3.84. The monoisotopic (exact) mass is 378 g/mol. The molecule has 7 heteroatoms. The molecule has 0 saturated carbocycles. The molecule has 0 aliphatic rings. The predicted molar refractivity (Wildman–Crippen MR) is 106 cm³/mol. The Labute approximate surface area is 160 Å². The maximum atomic E-state index is 11.0. The Bertz CT molecular complexity index is 577. The van der Waals surface area contributed by atoms with Crippen LogP contribution in [0.1, 0.15) is 71.1 Å². The second kappa shape index (κ2) is 16.9. The summed E-state index contributed by atoms with van der Waals surface area (Å²) >= 11 is 0. The van der Waals surface area contributed by atoms with Crippen molar-refractivity contribution in [3.63, 3.8) is 0 Å². The van der Waals surface area contributed by atoms with E-state index in [0.29, 0.717) is 25.7 Å². The van der Waals surface area contributed by atoms with E-state index in [0.717, 1.165) is 38.4 Å². The van der Waals surface area contributed by atoms with Crippen LogP contribution < -0.4 is 0 Å². The molecule has 0 heterocycles. The molecular weight excluding hydrogens is 348 g/mol. The van der Waals surface area contributed by atoms with Crippen LogP contribution in [0.5, 0.6) is 0 Å². The maximum absolute atomic E-state index is 11.0. The quantitative estimate of drug-likeness (QED) is 0.115. The summed E-state index contributed by atoms with van der Waals surface area (Å²) in [6.07, 6.45) is 17.5. The van der Waals surface area contributed by atoms with Gasteiger partial charge in [-0.2, -0.15) is 0 Å². The lowest BCUT2D eigenvalue weighted by Gasteiger charge is -1.97. The van der Waals surface area contributed by atoms with Crippen LogP contribution in [0.2, 0.25) is 0 Å². The number of carbonyl (C=O) groups is 1. The molecule has 150 valence electrons. The third kappa shape index (κ3) is 14.3. The lowest BCUT2D eigenvalue weighted by molar-refractivity contribution is -0.428. The van der Waals surface area contributed by atoms with Crippen molar-refractivity contribution in [1.29, 1.82) is 0 Å². The highest BCUT2D eigenvalue weighted by atomic mass is 16.6. The van der Waals surface area contributed by atoms with E-state index in [1.54, 1.807) is 30.4 Å². The van der Waals surface area contributed by atoms with E-state index in [9.17, 15) is 25.0 Å². The Morgan fingerprint density at radius 1 is 0.815 bits per heavy atom. The minimum Gasteiger partial charge on any atom is -0.303 e. The van der Waals surface area contributed by atoms with Crippen molar-refractivity contribution in [1.82, 2.24) is 0 Å². The zero-order valence-electron chi connectivity index (χ0n) is 16.0. The summed E-state index contributed by atoms with van der Waals surface area (Å²) in [5.74, 6) is 0. The topological polar surface area (TPSA) is 103 Å². The van der Waals surface area contributed by atoms with E-state index < -0.39 is 4.92 Å². The normalized spacial score (nSPS) is 12.8. The number of aldehydes is 1. The fraction of sp³-hybridized carbons (Fsp3) is 0.550. The number of hydrogen-bond donors (Lipinski definition) is 0. The average molecular weight is 378 g/mol. The van der Waals surface area contributed by atoms with Crippen LogP contribution >= 0.6 is 0 Å². The molecule has 0 radical (unpaired) electrons. The van der Waals surface area contributed by atoms with Crippen LogP contribution in [-0.2, 0) is 4.79 Å². The highest BCUT2D eigenvalue weighted by Crippen LogP contribution is 2.11. The fourth-order valence-corrected chi connectivity index (χ4v) is 2.30. The molecule has 0 N–H and O–H groups in total. The second-order valence-electron chi connectivity index (χ2n) is 6.08. The molecule has 0 rings (SSSR count). The first-order valence-corrected chi connectivity index (χ1v) is 9.43. The number of rotatable bonds is 16. The van der Waals surface area contributed by atoms with Crippen molar-refractivity contribution < 1.29 is 14.6 Å². The number of nitrogens with zero attached hydrogens (tertiary/aromatic N) is 2. The Balaban J connectivity index is 4.41. The fourth-order valence-electron chi connectivity index (χ4n) is 2.30. The van der Waals surface area contributed by atoms with E-state index in [-0.39, 0.29) is 22.7 Å². The summed E-state index contributed by atoms with van der Waals surface area (Å²) in [6, 6.07) is 0. The summed E-state index contributed by atoms with van der Waals surface area (Å²) < 4.78 is 0. The first kappa shape index (κ1) is 24.4. The zero-order chi connectivity index (χ0) is 20.3. The van der Waals surface area contributed by atoms with Crippen molar-refractivity contribution in [3.8, 4) is 0 Å². The van der Waals surface area contributed by atoms with Gasteiger partial charge in [0, 0.05) is 12.8 Å². The van der Waals surface area contributed by atoms with E-state index in [1.807, 2.05) is 6.08 Å². The molecule has 0 aromatic heterocycles. The van der Waals surface area contributed by atoms with Crippen LogP contribution in [0.4, 0.5) is 0 Å². The van der Waals surface area contributed by atoms with E-state index >= 15 is 0 Å². The van der Waals surface area contributed by atoms with Crippen LogP contribution in [-0.4, -0.2) is 16.1 Å². The van der Waals surface area contributed by atoms with Crippen LogP contribution in [0.15, 0.2) is 47.9 Å². The zero-order valence-corrected chi connectivity index (χ0v) is 16.0. The van der Waals surface area contributed by atoms with Gasteiger partial charge in [0.2, 0.25) is 11.4 Å². The minimum absolute atomic E-state index is 0.118. The van der Waals surface area contributed by atoms with Crippen molar-refractivity contribution in [2.24, 2.45) is 0 Å². The van der Waals surface area contributed by atoms with Gasteiger partial charge in [-0.3, -0.25) is 20.2 Å². The molecule has 0 aliphatic carbocycles. The largest absolute Gasteiger partial charge is 0.303 e. The van der Waals surface area contributed by atoms with Gasteiger partial charge in [0.1, 0.15) is 6.29 Å². The molecule has 0 aliphatic heterocycles. The molecule has 27 heavy (non-hydrogen) atoms. The average Bonchev–Trinajstić information content (AvgIpc) is 2.63. The van der Waals surface area contributed by atoms with Gasteiger partial charge in [-0.15, -0.1) is 0 Å². The van der Waals surface area contributed by atoms with Crippen LogP contribution in [0, 0.1) is 20.2 Å². The summed E-state index contributed by atoms with van der Waals surface area (Å²) in [5, 5.41) is 22.0. The molecule has 0 spiro atoms. The SMILES string of the molecule is CCCCC/C(=C/C/C=C/C/C=C(/C/C=C/CCCC=O)[N+](=O)[O-])[N+](=O)[O-]. The lowest BCUT2D eigenvalue weighted by atomic mass is 10.1. The van der Waals surface area contributed by atoms with Gasteiger partial charge < -0.3 is 4.79 Å². The molecule has 0 aromatic carbocycles. The molecule has 0 unspecified atom stereocenters. The van der Waals surface area contributed by atoms with Crippen molar-refractivity contribution in [2.75, 3.05) is 0 Å². The van der Waals surface area contributed by atoms with Gasteiger partial charge in [0.15, 0.2) is 0 Å². The van der Waals surface area contributed by atoms with Gasteiger partial charge in [0.05, 0.1) is 16.3 Å². The Morgan fingerprint density at radius 2 is 1.44 bits per heavy atom. The summed E-state index contributed by atoms with van der Waals surface area (Å²) in [5.41, 5.74) is 0.349. The number of nitro groups is 2.